The molecule has 196 valence electrons. The zero-order valence-corrected chi connectivity index (χ0v) is 23.4. The van der Waals surface area contributed by atoms with Gasteiger partial charge < -0.3 is 9.84 Å². The largest absolute Gasteiger partial charge is 0.468 e. The van der Waals surface area contributed by atoms with E-state index >= 15 is 0 Å². The molecule has 0 aromatic carbocycles. The average molecular weight is 485 g/mol. The molecule has 0 radical (unpaired) electrons. The van der Waals surface area contributed by atoms with E-state index in [4.69, 9.17) is 4.74 Å². The third-order valence-corrected chi connectivity index (χ3v) is 13.0. The number of allylic oxidation sites excluding steroid dienone is 2. The summed E-state index contributed by atoms with van der Waals surface area (Å²) in [6.45, 7) is 16.4. The molecule has 0 spiro atoms. The van der Waals surface area contributed by atoms with Gasteiger partial charge >= 0.3 is 5.97 Å². The number of Topliss-reactive ketones (excluding diaryl/α,β-unsaturated/α-hetero) is 1. The summed E-state index contributed by atoms with van der Waals surface area (Å²) in [5, 5.41) is 11.9. The Hall–Kier alpha value is -1.16. The topological polar surface area (TPSA) is 63.6 Å². The molecule has 5 aliphatic carbocycles. The smallest absolute Gasteiger partial charge is 0.315 e. The summed E-state index contributed by atoms with van der Waals surface area (Å²) in [6.07, 6.45) is 9.81. The van der Waals surface area contributed by atoms with E-state index in [1.165, 1.54) is 12.7 Å². The number of ketones is 1. The van der Waals surface area contributed by atoms with E-state index < -0.39 is 11.5 Å². The van der Waals surface area contributed by atoms with Gasteiger partial charge in [-0.2, -0.15) is 0 Å². The molecule has 0 aliphatic heterocycles. The van der Waals surface area contributed by atoms with Crippen molar-refractivity contribution in [2.75, 3.05) is 7.11 Å². The Labute approximate surface area is 212 Å². The van der Waals surface area contributed by atoms with Crippen LogP contribution in [0.4, 0.5) is 0 Å². The summed E-state index contributed by atoms with van der Waals surface area (Å²) < 4.78 is 5.39. The van der Waals surface area contributed by atoms with Crippen LogP contribution in [0.5, 0.6) is 0 Å². The standard InChI is InChI=1S/C31H48O4/c1-26(2)15-16-31(25(34)35-8)20(17-26)19-9-10-22-28(5)13-12-23(32)27(3,4)21(28)11-14-29(22,6)30(19,7)18-24(31)33/h9,20-22,24,33H,10-18H2,1-8H3/t20-,21-,22+,24+,28-,29+,30+,31+/m0/s1. The molecule has 8 atom stereocenters. The highest BCUT2D eigenvalue weighted by atomic mass is 16.5. The second-order valence-corrected chi connectivity index (χ2v) is 15.1. The number of methoxy groups -OCH3 is 1. The molecule has 0 unspecified atom stereocenters. The van der Waals surface area contributed by atoms with E-state index in [1.54, 1.807) is 0 Å². The van der Waals surface area contributed by atoms with Crippen LogP contribution in [-0.2, 0) is 14.3 Å². The molecule has 0 saturated heterocycles. The maximum Gasteiger partial charge on any atom is 0.315 e. The first kappa shape index (κ1) is 25.5. The number of hydrogen-bond donors (Lipinski definition) is 1. The van der Waals surface area contributed by atoms with Gasteiger partial charge in [0, 0.05) is 11.8 Å². The van der Waals surface area contributed by atoms with Gasteiger partial charge in [-0.1, -0.05) is 60.1 Å². The van der Waals surface area contributed by atoms with Gasteiger partial charge in [0.05, 0.1) is 13.2 Å². The first-order chi connectivity index (χ1) is 16.1. The van der Waals surface area contributed by atoms with Crippen LogP contribution in [0.1, 0.15) is 106 Å². The fraction of sp³-hybridized carbons (Fsp3) is 0.871. The summed E-state index contributed by atoms with van der Waals surface area (Å²) in [4.78, 5) is 26.3. The highest BCUT2D eigenvalue weighted by Gasteiger charge is 2.71. The number of carbonyl (C=O) groups excluding carboxylic acids is 2. The van der Waals surface area contributed by atoms with Gasteiger partial charge in [-0.05, 0) is 90.8 Å². The minimum atomic E-state index is -0.820. The maximum absolute atomic E-state index is 13.4. The van der Waals surface area contributed by atoms with E-state index in [2.05, 4.69) is 54.5 Å². The first-order valence-corrected chi connectivity index (χ1v) is 14.1. The molecule has 1 N–H and O–H groups in total. The van der Waals surface area contributed by atoms with Crippen LogP contribution in [0, 0.1) is 50.2 Å². The van der Waals surface area contributed by atoms with Crippen LogP contribution in [0.3, 0.4) is 0 Å². The summed E-state index contributed by atoms with van der Waals surface area (Å²) >= 11 is 0. The highest BCUT2D eigenvalue weighted by molar-refractivity contribution is 5.85. The predicted molar refractivity (Wildman–Crippen MR) is 137 cm³/mol. The Morgan fingerprint density at radius 1 is 0.971 bits per heavy atom. The van der Waals surface area contributed by atoms with Crippen molar-refractivity contribution in [2.45, 2.75) is 112 Å². The molecule has 35 heavy (non-hydrogen) atoms. The first-order valence-electron chi connectivity index (χ1n) is 14.1. The lowest BCUT2D eigenvalue weighted by molar-refractivity contribution is -0.208. The SMILES string of the molecule is COC(=O)[C@]12CCC(C)(C)C[C@H]1C1=CC[C@@H]3[C@@]4(C)CCC(=O)C(C)(C)[C@@H]4CC[C@@]3(C)[C@]1(C)C[C@H]2O. The number of hydrogen-bond acceptors (Lipinski definition) is 4. The average Bonchev–Trinajstić information content (AvgIpc) is 2.76. The van der Waals surface area contributed by atoms with Crippen molar-refractivity contribution in [1.29, 1.82) is 0 Å². The van der Waals surface area contributed by atoms with Gasteiger partial charge in [-0.15, -0.1) is 0 Å². The molecule has 5 rings (SSSR count). The van der Waals surface area contributed by atoms with Crippen molar-refractivity contribution < 1.29 is 19.4 Å². The molecular formula is C31H48O4. The van der Waals surface area contributed by atoms with Gasteiger partial charge in [0.2, 0.25) is 0 Å². The molecule has 4 nitrogen and oxygen atoms in total. The van der Waals surface area contributed by atoms with Gasteiger partial charge in [-0.25, -0.2) is 0 Å². The number of aliphatic hydroxyl groups excluding tert-OH is 1. The molecular weight excluding hydrogens is 436 g/mol. The third kappa shape index (κ3) is 3.01. The van der Waals surface area contributed by atoms with E-state index in [1.807, 2.05) is 0 Å². The second kappa shape index (κ2) is 7.45. The van der Waals surface area contributed by atoms with E-state index in [0.29, 0.717) is 36.9 Å². The number of esters is 1. The van der Waals surface area contributed by atoms with Crippen molar-refractivity contribution in [3.63, 3.8) is 0 Å². The Morgan fingerprint density at radius 3 is 2.31 bits per heavy atom. The summed E-state index contributed by atoms with van der Waals surface area (Å²) in [7, 11) is 1.48. The number of rotatable bonds is 1. The van der Waals surface area contributed by atoms with Crippen LogP contribution in [0.2, 0.25) is 0 Å². The zero-order chi connectivity index (χ0) is 25.8. The molecule has 5 aliphatic rings. The molecule has 0 heterocycles. The van der Waals surface area contributed by atoms with Crippen molar-refractivity contribution >= 4 is 11.8 Å². The Bertz CT molecular complexity index is 976. The molecule has 0 bridgehead atoms. The fourth-order valence-corrected chi connectivity index (χ4v) is 10.7. The molecule has 0 amide bonds. The normalized spacial score (nSPS) is 50.1. The van der Waals surface area contributed by atoms with Gasteiger partial charge in [0.1, 0.15) is 11.2 Å². The predicted octanol–water partition coefficient (Wildman–Crippen LogP) is 6.50. The van der Waals surface area contributed by atoms with E-state index in [9.17, 15) is 14.7 Å². The zero-order valence-electron chi connectivity index (χ0n) is 23.4. The molecule has 0 aromatic rings. The number of carbonyl (C=O) groups is 2. The lowest BCUT2D eigenvalue weighted by Crippen LogP contribution is -2.67. The number of aliphatic hydroxyl groups is 1. The fourth-order valence-electron chi connectivity index (χ4n) is 10.7. The quantitative estimate of drug-likeness (QED) is 0.341. The Kier molecular flexibility index (Phi) is 5.43. The minimum absolute atomic E-state index is 0.0279. The second-order valence-electron chi connectivity index (χ2n) is 15.1. The molecule has 4 saturated carbocycles. The number of fused-ring (bicyclic) bond motifs is 7. The van der Waals surface area contributed by atoms with E-state index in [0.717, 1.165) is 38.5 Å². The number of ether oxygens (including phenoxy) is 1. The van der Waals surface area contributed by atoms with E-state index in [-0.39, 0.29) is 39.0 Å². The van der Waals surface area contributed by atoms with Crippen molar-refractivity contribution in [3.05, 3.63) is 11.6 Å². The van der Waals surface area contributed by atoms with Crippen LogP contribution in [-0.4, -0.2) is 30.1 Å². The van der Waals surface area contributed by atoms with Crippen molar-refractivity contribution in [3.8, 4) is 0 Å². The van der Waals surface area contributed by atoms with Gasteiger partial charge in [0.25, 0.3) is 0 Å². The van der Waals surface area contributed by atoms with Crippen LogP contribution in [0.25, 0.3) is 0 Å². The lowest BCUT2D eigenvalue weighted by Gasteiger charge is -2.71. The maximum atomic E-state index is 13.4. The summed E-state index contributed by atoms with van der Waals surface area (Å²) in [5.74, 6) is 1.12. The highest BCUT2D eigenvalue weighted by Crippen LogP contribution is 2.75. The molecule has 0 aromatic heterocycles. The van der Waals surface area contributed by atoms with Gasteiger partial charge in [-0.3, -0.25) is 9.59 Å². The van der Waals surface area contributed by atoms with Gasteiger partial charge in [0.15, 0.2) is 0 Å². The third-order valence-electron chi connectivity index (χ3n) is 13.0. The van der Waals surface area contributed by atoms with Crippen molar-refractivity contribution in [1.82, 2.24) is 0 Å². The summed E-state index contributed by atoms with van der Waals surface area (Å²) in [6, 6.07) is 0. The Balaban J connectivity index is 1.64. The van der Waals surface area contributed by atoms with Crippen LogP contribution < -0.4 is 0 Å². The minimum Gasteiger partial charge on any atom is -0.468 e. The molecule has 4 fully saturated rings. The van der Waals surface area contributed by atoms with Crippen LogP contribution in [0.15, 0.2) is 11.6 Å². The lowest BCUT2D eigenvalue weighted by atomic mass is 9.33. The molecule has 4 heteroatoms. The van der Waals surface area contributed by atoms with Crippen molar-refractivity contribution in [2.24, 2.45) is 50.2 Å². The Morgan fingerprint density at radius 2 is 1.66 bits per heavy atom. The van der Waals surface area contributed by atoms with Crippen LogP contribution >= 0.6 is 0 Å². The monoisotopic (exact) mass is 484 g/mol. The summed E-state index contributed by atoms with van der Waals surface area (Å²) in [5.41, 5.74) is 0.457.